The Bertz CT molecular complexity index is 551. The number of hydrogen-bond donors (Lipinski definition) is 1. The summed E-state index contributed by atoms with van der Waals surface area (Å²) >= 11 is 5.97. The highest BCUT2D eigenvalue weighted by atomic mass is 35.5. The summed E-state index contributed by atoms with van der Waals surface area (Å²) in [5, 5.41) is 0.671. The first-order valence-electron chi connectivity index (χ1n) is 6.23. The molecule has 1 atom stereocenters. The molecule has 0 aliphatic heterocycles. The maximum absolute atomic E-state index is 5.97. The molecular formula is C14H18ClN3O. The molecule has 4 nitrogen and oxygen atoms in total. The molecule has 19 heavy (non-hydrogen) atoms. The number of rotatable bonds is 5. The molecule has 0 saturated heterocycles. The van der Waals surface area contributed by atoms with E-state index in [1.807, 2.05) is 42.8 Å². The molecule has 102 valence electrons. The van der Waals surface area contributed by atoms with Crippen LogP contribution in [0.4, 0.5) is 0 Å². The molecule has 1 aromatic heterocycles. The van der Waals surface area contributed by atoms with Gasteiger partial charge in [0.05, 0.1) is 6.54 Å². The lowest BCUT2D eigenvalue weighted by atomic mass is 10.1. The molecule has 0 amide bonds. The Morgan fingerprint density at radius 3 is 2.89 bits per heavy atom. The minimum atomic E-state index is -0.108. The molecule has 0 radical (unpaired) electrons. The largest absolute Gasteiger partial charge is 0.491 e. The zero-order valence-electron chi connectivity index (χ0n) is 11.1. The Morgan fingerprint density at radius 2 is 2.26 bits per heavy atom. The summed E-state index contributed by atoms with van der Waals surface area (Å²) < 4.78 is 7.84. The van der Waals surface area contributed by atoms with Gasteiger partial charge in [0.15, 0.2) is 0 Å². The minimum Gasteiger partial charge on any atom is -0.491 e. The van der Waals surface area contributed by atoms with Gasteiger partial charge >= 0.3 is 0 Å². The van der Waals surface area contributed by atoms with Crippen molar-refractivity contribution in [2.45, 2.75) is 26.4 Å². The van der Waals surface area contributed by atoms with Crippen LogP contribution >= 0.6 is 11.6 Å². The Hall–Kier alpha value is -1.52. The van der Waals surface area contributed by atoms with Crippen molar-refractivity contribution in [3.8, 4) is 5.75 Å². The lowest BCUT2D eigenvalue weighted by molar-refractivity contribution is 0.293. The molecule has 5 heteroatoms. The normalized spacial score (nSPS) is 12.4. The van der Waals surface area contributed by atoms with E-state index >= 15 is 0 Å². The SMILES string of the molecule is Cc1nccn1CCOc1ccc(Cl)cc1[C@@H](C)N. The second kappa shape index (κ2) is 6.08. The summed E-state index contributed by atoms with van der Waals surface area (Å²) in [4.78, 5) is 4.17. The van der Waals surface area contributed by atoms with Gasteiger partial charge in [-0.25, -0.2) is 4.98 Å². The van der Waals surface area contributed by atoms with E-state index in [4.69, 9.17) is 22.1 Å². The van der Waals surface area contributed by atoms with Gasteiger partial charge in [-0.15, -0.1) is 0 Å². The number of nitrogens with zero attached hydrogens (tertiary/aromatic N) is 2. The zero-order valence-corrected chi connectivity index (χ0v) is 11.9. The summed E-state index contributed by atoms with van der Waals surface area (Å²) in [7, 11) is 0. The van der Waals surface area contributed by atoms with Gasteiger partial charge in [0.1, 0.15) is 18.2 Å². The van der Waals surface area contributed by atoms with E-state index in [1.54, 1.807) is 6.20 Å². The summed E-state index contributed by atoms with van der Waals surface area (Å²) in [6.45, 7) is 5.21. The quantitative estimate of drug-likeness (QED) is 0.915. The number of benzene rings is 1. The van der Waals surface area contributed by atoms with Crippen LogP contribution < -0.4 is 10.5 Å². The van der Waals surface area contributed by atoms with Crippen LogP contribution in [0.5, 0.6) is 5.75 Å². The maximum Gasteiger partial charge on any atom is 0.124 e. The van der Waals surface area contributed by atoms with Gasteiger partial charge in [-0.1, -0.05) is 11.6 Å². The van der Waals surface area contributed by atoms with E-state index < -0.39 is 0 Å². The van der Waals surface area contributed by atoms with Crippen molar-refractivity contribution < 1.29 is 4.74 Å². The van der Waals surface area contributed by atoms with Gasteiger partial charge in [-0.3, -0.25) is 0 Å². The summed E-state index contributed by atoms with van der Waals surface area (Å²) in [6.07, 6.45) is 3.72. The van der Waals surface area contributed by atoms with Crippen LogP contribution in [0.2, 0.25) is 5.02 Å². The summed E-state index contributed by atoms with van der Waals surface area (Å²) in [6, 6.07) is 5.42. The molecule has 0 spiro atoms. The number of nitrogens with two attached hydrogens (primary N) is 1. The van der Waals surface area contributed by atoms with Crippen LogP contribution in [0.3, 0.4) is 0 Å². The molecule has 0 saturated carbocycles. The van der Waals surface area contributed by atoms with Gasteiger partial charge in [-0.05, 0) is 32.0 Å². The third kappa shape index (κ3) is 3.49. The van der Waals surface area contributed by atoms with E-state index in [1.165, 1.54) is 0 Å². The van der Waals surface area contributed by atoms with Gasteiger partial charge in [-0.2, -0.15) is 0 Å². The van der Waals surface area contributed by atoms with E-state index in [2.05, 4.69) is 4.98 Å². The molecule has 0 aliphatic carbocycles. The molecule has 0 bridgehead atoms. The average molecular weight is 280 g/mol. The number of imidazole rings is 1. The zero-order chi connectivity index (χ0) is 13.8. The van der Waals surface area contributed by atoms with Crippen molar-refractivity contribution >= 4 is 11.6 Å². The minimum absolute atomic E-state index is 0.108. The fourth-order valence-electron chi connectivity index (χ4n) is 1.90. The molecule has 0 aliphatic rings. The van der Waals surface area contributed by atoms with Gasteiger partial charge in [0.25, 0.3) is 0 Å². The van der Waals surface area contributed by atoms with Gasteiger partial charge < -0.3 is 15.0 Å². The predicted molar refractivity (Wildman–Crippen MR) is 76.5 cm³/mol. The molecular weight excluding hydrogens is 262 g/mol. The highest BCUT2D eigenvalue weighted by molar-refractivity contribution is 6.30. The number of hydrogen-bond acceptors (Lipinski definition) is 3. The van der Waals surface area contributed by atoms with Crippen LogP contribution in [-0.4, -0.2) is 16.2 Å². The third-order valence-electron chi connectivity index (χ3n) is 2.98. The first-order chi connectivity index (χ1) is 9.08. The Morgan fingerprint density at radius 1 is 1.47 bits per heavy atom. The Labute approximate surface area is 118 Å². The summed E-state index contributed by atoms with van der Waals surface area (Å²) in [5.74, 6) is 1.77. The van der Waals surface area contributed by atoms with Crippen LogP contribution in [0.15, 0.2) is 30.6 Å². The highest BCUT2D eigenvalue weighted by Gasteiger charge is 2.09. The number of aryl methyl sites for hydroxylation is 1. The Balaban J connectivity index is 2.01. The molecule has 2 rings (SSSR count). The van der Waals surface area contributed by atoms with E-state index in [9.17, 15) is 0 Å². The number of aromatic nitrogens is 2. The fraction of sp³-hybridized carbons (Fsp3) is 0.357. The van der Waals surface area contributed by atoms with Crippen molar-refractivity contribution in [2.75, 3.05) is 6.61 Å². The third-order valence-corrected chi connectivity index (χ3v) is 3.21. The monoisotopic (exact) mass is 279 g/mol. The second-order valence-electron chi connectivity index (χ2n) is 4.49. The van der Waals surface area contributed by atoms with E-state index in [0.717, 1.165) is 23.7 Å². The van der Waals surface area contributed by atoms with E-state index in [-0.39, 0.29) is 6.04 Å². The Kier molecular flexibility index (Phi) is 4.45. The molecule has 2 aromatic rings. The van der Waals surface area contributed by atoms with Crippen molar-refractivity contribution in [3.05, 3.63) is 47.0 Å². The highest BCUT2D eigenvalue weighted by Crippen LogP contribution is 2.27. The van der Waals surface area contributed by atoms with E-state index in [0.29, 0.717) is 11.6 Å². The topological polar surface area (TPSA) is 53.1 Å². The van der Waals surface area contributed by atoms with Crippen molar-refractivity contribution in [1.29, 1.82) is 0 Å². The van der Waals surface area contributed by atoms with Crippen LogP contribution in [-0.2, 0) is 6.54 Å². The standard InChI is InChI=1S/C14H18ClN3O/c1-10(16)13-9-12(15)3-4-14(13)19-8-7-18-6-5-17-11(18)2/h3-6,9-10H,7-8,16H2,1-2H3/t10-/m1/s1. The molecule has 2 N–H and O–H groups in total. The molecule has 0 unspecified atom stereocenters. The lowest BCUT2D eigenvalue weighted by Crippen LogP contribution is -2.12. The maximum atomic E-state index is 5.97. The fourth-order valence-corrected chi connectivity index (χ4v) is 2.08. The average Bonchev–Trinajstić information content (AvgIpc) is 2.77. The first-order valence-corrected chi connectivity index (χ1v) is 6.61. The molecule has 1 aromatic carbocycles. The van der Waals surface area contributed by atoms with Crippen molar-refractivity contribution in [1.82, 2.24) is 9.55 Å². The van der Waals surface area contributed by atoms with Crippen LogP contribution in [0.1, 0.15) is 24.4 Å². The smallest absolute Gasteiger partial charge is 0.124 e. The van der Waals surface area contributed by atoms with Gasteiger partial charge in [0, 0.05) is 29.0 Å². The summed E-state index contributed by atoms with van der Waals surface area (Å²) in [5.41, 5.74) is 6.85. The van der Waals surface area contributed by atoms with Crippen molar-refractivity contribution in [3.63, 3.8) is 0 Å². The molecule has 0 fully saturated rings. The van der Waals surface area contributed by atoms with Crippen molar-refractivity contribution in [2.24, 2.45) is 5.73 Å². The van der Waals surface area contributed by atoms with Crippen LogP contribution in [0.25, 0.3) is 0 Å². The number of ether oxygens (including phenoxy) is 1. The number of halogens is 1. The predicted octanol–water partition coefficient (Wildman–Crippen LogP) is 2.94. The second-order valence-corrected chi connectivity index (χ2v) is 4.92. The first kappa shape index (κ1) is 13.9. The van der Waals surface area contributed by atoms with Gasteiger partial charge in [0.2, 0.25) is 0 Å². The van der Waals surface area contributed by atoms with Crippen LogP contribution in [0, 0.1) is 6.92 Å². The molecule has 1 heterocycles. The lowest BCUT2D eigenvalue weighted by Gasteiger charge is -2.15.